The molecule has 0 spiro atoms. The van der Waals surface area contributed by atoms with Gasteiger partial charge in [0.1, 0.15) is 7.14 Å². The van der Waals surface area contributed by atoms with Crippen LogP contribution in [0, 0.1) is 0 Å². The second-order valence-electron chi connectivity index (χ2n) is 13.1. The van der Waals surface area contributed by atoms with E-state index in [9.17, 15) is 4.57 Å². The zero-order valence-corrected chi connectivity index (χ0v) is 29.0. The SMILES string of the molecule is CP1(=O)c2ccccc2-c2ccc(-c3ccc(-c4ccc(-c5cc(-c6ccc(-c7ccccc7)cc6)nc(-c6ccccc6)n5)cc4)cc3)cc21. The second-order valence-corrected chi connectivity index (χ2v) is 15.9. The van der Waals surface area contributed by atoms with Gasteiger partial charge < -0.3 is 4.57 Å². The van der Waals surface area contributed by atoms with E-state index in [-0.39, 0.29) is 0 Å². The smallest absolute Gasteiger partial charge is 0.160 e. The molecule has 0 radical (unpaired) electrons. The van der Waals surface area contributed by atoms with E-state index >= 15 is 0 Å². The monoisotopic (exact) mass is 672 g/mol. The first-order valence-electron chi connectivity index (χ1n) is 17.1. The van der Waals surface area contributed by atoms with Gasteiger partial charge in [-0.05, 0) is 63.3 Å². The predicted octanol–water partition coefficient (Wildman–Crippen LogP) is 11.4. The summed E-state index contributed by atoms with van der Waals surface area (Å²) in [7, 11) is -2.62. The van der Waals surface area contributed by atoms with E-state index in [2.05, 4.69) is 140 Å². The maximum Gasteiger partial charge on any atom is 0.160 e. The van der Waals surface area contributed by atoms with Gasteiger partial charge in [-0.1, -0.05) is 170 Å². The van der Waals surface area contributed by atoms with E-state index < -0.39 is 7.14 Å². The standard InChI is InChI=1S/C47H33N2OP/c1-51(50)45-15-9-8-14-41(45)42-29-28-40(30-46(42)51)36-18-16-34(17-19-36)35-22-26-38(27-23-35)44-31-43(48-47(49-44)39-12-6-3-7-13-39)37-24-20-33(21-25-37)32-10-4-2-5-11-32/h2-31H,1H3. The third-order valence-corrected chi connectivity index (χ3v) is 12.5. The molecule has 1 aliphatic rings. The van der Waals surface area contributed by atoms with Crippen LogP contribution in [0.2, 0.25) is 0 Å². The molecule has 242 valence electrons. The summed E-state index contributed by atoms with van der Waals surface area (Å²) < 4.78 is 13.8. The Morgan fingerprint density at radius 2 is 0.745 bits per heavy atom. The highest BCUT2D eigenvalue weighted by atomic mass is 31.2. The first-order chi connectivity index (χ1) is 25.0. The molecule has 1 aromatic heterocycles. The fraction of sp³-hybridized carbons (Fsp3) is 0.0213. The first-order valence-corrected chi connectivity index (χ1v) is 19.3. The van der Waals surface area contributed by atoms with E-state index in [1.165, 1.54) is 11.1 Å². The van der Waals surface area contributed by atoms with Crippen molar-refractivity contribution in [2.24, 2.45) is 0 Å². The summed E-state index contributed by atoms with van der Waals surface area (Å²) in [6, 6.07) is 62.9. The number of aromatic nitrogens is 2. The normalized spacial score (nSPS) is 14.5. The lowest BCUT2D eigenvalue weighted by atomic mass is 9.97. The van der Waals surface area contributed by atoms with Crippen LogP contribution >= 0.6 is 7.14 Å². The Labute approximate surface area is 298 Å². The highest BCUT2D eigenvalue weighted by molar-refractivity contribution is 7.79. The summed E-state index contributed by atoms with van der Waals surface area (Å²) in [6.07, 6.45) is 0. The maximum atomic E-state index is 13.8. The lowest BCUT2D eigenvalue weighted by Gasteiger charge is -2.11. The molecule has 0 N–H and O–H groups in total. The fourth-order valence-electron chi connectivity index (χ4n) is 7.11. The highest BCUT2D eigenvalue weighted by Crippen LogP contribution is 2.50. The van der Waals surface area contributed by atoms with E-state index in [4.69, 9.17) is 9.97 Å². The minimum absolute atomic E-state index is 0.699. The molecule has 8 aromatic rings. The van der Waals surface area contributed by atoms with Gasteiger partial charge in [-0.15, -0.1) is 0 Å². The Hall–Kier alpha value is -6.15. The van der Waals surface area contributed by atoms with Gasteiger partial charge in [0.15, 0.2) is 5.82 Å². The molecule has 0 saturated carbocycles. The molecule has 0 amide bonds. The van der Waals surface area contributed by atoms with E-state index in [1.807, 2.05) is 49.1 Å². The van der Waals surface area contributed by atoms with Gasteiger partial charge in [0, 0.05) is 27.3 Å². The molecule has 0 bridgehead atoms. The quantitative estimate of drug-likeness (QED) is 0.165. The van der Waals surface area contributed by atoms with E-state index in [1.54, 1.807) is 0 Å². The minimum Gasteiger partial charge on any atom is -0.314 e. The Bertz CT molecular complexity index is 2580. The molecule has 0 saturated heterocycles. The van der Waals surface area contributed by atoms with E-state index in [0.717, 1.165) is 72.1 Å². The van der Waals surface area contributed by atoms with Crippen molar-refractivity contribution < 1.29 is 4.57 Å². The molecule has 0 fully saturated rings. The van der Waals surface area contributed by atoms with Crippen LogP contribution in [-0.4, -0.2) is 16.6 Å². The van der Waals surface area contributed by atoms with Crippen molar-refractivity contribution in [2.45, 2.75) is 0 Å². The van der Waals surface area contributed by atoms with Gasteiger partial charge in [0.25, 0.3) is 0 Å². The third-order valence-electron chi connectivity index (χ3n) is 9.89. The van der Waals surface area contributed by atoms with Crippen molar-refractivity contribution in [3.63, 3.8) is 0 Å². The molecule has 4 heteroatoms. The van der Waals surface area contributed by atoms with Gasteiger partial charge >= 0.3 is 0 Å². The highest BCUT2D eigenvalue weighted by Gasteiger charge is 2.34. The van der Waals surface area contributed by atoms with Crippen LogP contribution in [0.4, 0.5) is 0 Å². The molecule has 7 aromatic carbocycles. The zero-order chi connectivity index (χ0) is 34.4. The van der Waals surface area contributed by atoms with Gasteiger partial charge in [0.2, 0.25) is 0 Å². The van der Waals surface area contributed by atoms with Gasteiger partial charge in [-0.3, -0.25) is 0 Å². The zero-order valence-electron chi connectivity index (χ0n) is 28.1. The van der Waals surface area contributed by atoms with Crippen molar-refractivity contribution in [1.82, 2.24) is 9.97 Å². The Morgan fingerprint density at radius 3 is 1.29 bits per heavy atom. The fourth-order valence-corrected chi connectivity index (χ4v) is 9.43. The number of fused-ring (bicyclic) bond motifs is 3. The van der Waals surface area contributed by atoms with Crippen molar-refractivity contribution in [3.05, 3.63) is 182 Å². The molecular weight excluding hydrogens is 640 g/mol. The van der Waals surface area contributed by atoms with Gasteiger partial charge in [0.05, 0.1) is 11.4 Å². The molecule has 1 aliphatic heterocycles. The number of rotatable bonds is 6. The number of nitrogens with zero attached hydrogens (tertiary/aromatic N) is 2. The molecule has 9 rings (SSSR count). The van der Waals surface area contributed by atoms with Gasteiger partial charge in [-0.2, -0.15) is 0 Å². The van der Waals surface area contributed by atoms with Crippen LogP contribution in [-0.2, 0) is 4.57 Å². The minimum atomic E-state index is -2.62. The van der Waals surface area contributed by atoms with Crippen LogP contribution < -0.4 is 10.6 Å². The summed E-state index contributed by atoms with van der Waals surface area (Å²) in [5, 5.41) is 1.91. The first kappa shape index (κ1) is 30.9. The Morgan fingerprint density at radius 1 is 0.353 bits per heavy atom. The average molecular weight is 673 g/mol. The molecular formula is C47H33N2OP. The topological polar surface area (TPSA) is 42.9 Å². The summed E-state index contributed by atoms with van der Waals surface area (Å²) >= 11 is 0. The third kappa shape index (κ3) is 5.72. The van der Waals surface area contributed by atoms with Crippen LogP contribution in [0.1, 0.15) is 0 Å². The second kappa shape index (κ2) is 12.6. The number of hydrogen-bond donors (Lipinski definition) is 0. The van der Waals surface area contributed by atoms with Gasteiger partial charge in [-0.25, -0.2) is 9.97 Å². The van der Waals surface area contributed by atoms with Crippen molar-refractivity contribution in [3.8, 4) is 78.4 Å². The van der Waals surface area contributed by atoms with Crippen LogP contribution in [0.15, 0.2) is 182 Å². The van der Waals surface area contributed by atoms with Crippen molar-refractivity contribution in [2.75, 3.05) is 6.66 Å². The van der Waals surface area contributed by atoms with Crippen molar-refractivity contribution in [1.29, 1.82) is 0 Å². The Kier molecular flexibility index (Phi) is 7.64. The largest absolute Gasteiger partial charge is 0.314 e. The van der Waals surface area contributed by atoms with E-state index in [0.29, 0.717) is 5.82 Å². The number of benzene rings is 7. The van der Waals surface area contributed by atoms with Crippen LogP contribution in [0.3, 0.4) is 0 Å². The lowest BCUT2D eigenvalue weighted by Crippen LogP contribution is -2.08. The molecule has 0 aliphatic carbocycles. The summed E-state index contributed by atoms with van der Waals surface area (Å²) in [5.74, 6) is 0.699. The Balaban J connectivity index is 1.01. The molecule has 51 heavy (non-hydrogen) atoms. The molecule has 1 unspecified atom stereocenters. The lowest BCUT2D eigenvalue weighted by molar-refractivity contribution is 0.591. The van der Waals surface area contributed by atoms with Crippen molar-refractivity contribution >= 4 is 17.8 Å². The van der Waals surface area contributed by atoms with Crippen LogP contribution in [0.5, 0.6) is 0 Å². The van der Waals surface area contributed by atoms with Crippen LogP contribution in [0.25, 0.3) is 78.4 Å². The summed E-state index contributed by atoms with van der Waals surface area (Å²) in [5.41, 5.74) is 13.8. The predicted molar refractivity (Wildman–Crippen MR) is 213 cm³/mol. The summed E-state index contributed by atoms with van der Waals surface area (Å²) in [4.78, 5) is 10.0. The molecule has 1 atom stereocenters. The summed E-state index contributed by atoms with van der Waals surface area (Å²) in [6.45, 7) is 1.89. The number of hydrogen-bond acceptors (Lipinski definition) is 3. The molecule has 3 nitrogen and oxygen atoms in total. The average Bonchev–Trinajstić information content (AvgIpc) is 3.44. The molecule has 2 heterocycles. The maximum absolute atomic E-state index is 13.8.